The van der Waals surface area contributed by atoms with E-state index in [9.17, 15) is 0 Å². The predicted octanol–water partition coefficient (Wildman–Crippen LogP) is 3.26. The summed E-state index contributed by atoms with van der Waals surface area (Å²) >= 11 is 0. The largest absolute Gasteiger partial charge is 0.496 e. The SMILES string of the molecule is COc1cc2c(cc1CC(N)c1ccccc1)OC(C)C2. The zero-order valence-electron chi connectivity index (χ0n) is 12.5. The van der Waals surface area contributed by atoms with Gasteiger partial charge >= 0.3 is 0 Å². The summed E-state index contributed by atoms with van der Waals surface area (Å²) in [6.45, 7) is 2.09. The van der Waals surface area contributed by atoms with Crippen LogP contribution in [0.2, 0.25) is 0 Å². The minimum absolute atomic E-state index is 0.0445. The maximum Gasteiger partial charge on any atom is 0.123 e. The van der Waals surface area contributed by atoms with Gasteiger partial charge in [-0.2, -0.15) is 0 Å². The van der Waals surface area contributed by atoms with Crippen LogP contribution in [0, 0.1) is 0 Å². The lowest BCUT2D eigenvalue weighted by atomic mass is 9.97. The highest BCUT2D eigenvalue weighted by atomic mass is 16.5. The average molecular weight is 283 g/mol. The van der Waals surface area contributed by atoms with E-state index in [1.54, 1.807) is 7.11 Å². The molecule has 2 unspecified atom stereocenters. The zero-order chi connectivity index (χ0) is 14.8. The molecule has 0 bridgehead atoms. The fraction of sp³-hybridized carbons (Fsp3) is 0.333. The van der Waals surface area contributed by atoms with Crippen LogP contribution in [0.25, 0.3) is 0 Å². The first-order chi connectivity index (χ1) is 10.2. The van der Waals surface area contributed by atoms with Gasteiger partial charge in [-0.1, -0.05) is 30.3 Å². The van der Waals surface area contributed by atoms with Crippen molar-refractivity contribution in [1.29, 1.82) is 0 Å². The van der Waals surface area contributed by atoms with E-state index < -0.39 is 0 Å². The summed E-state index contributed by atoms with van der Waals surface area (Å²) in [4.78, 5) is 0. The summed E-state index contributed by atoms with van der Waals surface area (Å²) in [6.07, 6.45) is 1.91. The Morgan fingerprint density at radius 1 is 1.29 bits per heavy atom. The molecule has 2 N–H and O–H groups in total. The Hall–Kier alpha value is -2.00. The maximum atomic E-state index is 6.33. The molecule has 2 atom stereocenters. The number of hydrogen-bond acceptors (Lipinski definition) is 3. The smallest absolute Gasteiger partial charge is 0.123 e. The molecule has 0 aliphatic carbocycles. The molecule has 3 nitrogen and oxygen atoms in total. The number of benzene rings is 2. The summed E-state index contributed by atoms with van der Waals surface area (Å²) in [5, 5.41) is 0. The van der Waals surface area contributed by atoms with E-state index >= 15 is 0 Å². The van der Waals surface area contributed by atoms with Crippen molar-refractivity contribution in [3.05, 3.63) is 59.2 Å². The van der Waals surface area contributed by atoms with Crippen molar-refractivity contribution in [2.75, 3.05) is 7.11 Å². The molecule has 0 spiro atoms. The van der Waals surface area contributed by atoms with Crippen molar-refractivity contribution in [2.45, 2.75) is 31.9 Å². The number of rotatable bonds is 4. The van der Waals surface area contributed by atoms with E-state index in [1.807, 2.05) is 18.2 Å². The minimum Gasteiger partial charge on any atom is -0.496 e. The molecule has 0 fully saturated rings. The Bertz CT molecular complexity index is 625. The molecule has 0 amide bonds. The van der Waals surface area contributed by atoms with Crippen LogP contribution in [0.3, 0.4) is 0 Å². The van der Waals surface area contributed by atoms with Crippen LogP contribution in [0.15, 0.2) is 42.5 Å². The van der Waals surface area contributed by atoms with Gasteiger partial charge in [-0.05, 0) is 36.6 Å². The summed E-state index contributed by atoms with van der Waals surface area (Å²) in [5.74, 6) is 1.87. The molecule has 3 heteroatoms. The number of nitrogens with two attached hydrogens (primary N) is 1. The molecule has 3 rings (SSSR count). The van der Waals surface area contributed by atoms with Crippen molar-refractivity contribution in [1.82, 2.24) is 0 Å². The second-order valence-electron chi connectivity index (χ2n) is 5.63. The fourth-order valence-electron chi connectivity index (χ4n) is 2.89. The van der Waals surface area contributed by atoms with Gasteiger partial charge in [-0.3, -0.25) is 0 Å². The second-order valence-corrected chi connectivity index (χ2v) is 5.63. The van der Waals surface area contributed by atoms with Gasteiger partial charge in [-0.25, -0.2) is 0 Å². The molecule has 2 aromatic carbocycles. The van der Waals surface area contributed by atoms with Crippen molar-refractivity contribution in [3.63, 3.8) is 0 Å². The summed E-state index contributed by atoms with van der Waals surface area (Å²) < 4.78 is 11.4. The van der Waals surface area contributed by atoms with Gasteiger partial charge in [0.15, 0.2) is 0 Å². The molecule has 0 aromatic heterocycles. The Balaban J connectivity index is 1.87. The summed E-state index contributed by atoms with van der Waals surface area (Å²) in [6, 6.07) is 14.3. The molecule has 1 aliphatic rings. The van der Waals surface area contributed by atoms with E-state index in [0.29, 0.717) is 0 Å². The highest BCUT2D eigenvalue weighted by Gasteiger charge is 2.22. The quantitative estimate of drug-likeness (QED) is 0.936. The maximum absolute atomic E-state index is 6.33. The van der Waals surface area contributed by atoms with Gasteiger partial charge in [0.2, 0.25) is 0 Å². The van der Waals surface area contributed by atoms with E-state index in [-0.39, 0.29) is 12.1 Å². The summed E-state index contributed by atoms with van der Waals surface area (Å²) in [5.41, 5.74) is 9.78. The van der Waals surface area contributed by atoms with Crippen LogP contribution in [0.1, 0.15) is 29.7 Å². The van der Waals surface area contributed by atoms with Gasteiger partial charge in [0.05, 0.1) is 7.11 Å². The Kier molecular flexibility index (Phi) is 3.84. The monoisotopic (exact) mass is 283 g/mol. The third kappa shape index (κ3) is 2.88. The Labute approximate surface area is 125 Å². The van der Waals surface area contributed by atoms with Crippen LogP contribution in [-0.4, -0.2) is 13.2 Å². The van der Waals surface area contributed by atoms with Gasteiger partial charge in [0, 0.05) is 18.0 Å². The van der Waals surface area contributed by atoms with E-state index in [4.69, 9.17) is 15.2 Å². The second kappa shape index (κ2) is 5.78. The van der Waals surface area contributed by atoms with Crippen molar-refractivity contribution in [2.24, 2.45) is 5.73 Å². The third-order valence-electron chi connectivity index (χ3n) is 3.97. The van der Waals surface area contributed by atoms with Crippen LogP contribution in [-0.2, 0) is 12.8 Å². The molecule has 21 heavy (non-hydrogen) atoms. The normalized spacial score (nSPS) is 18.0. The molecule has 0 radical (unpaired) electrons. The molecule has 1 aliphatic heterocycles. The topological polar surface area (TPSA) is 44.5 Å². The van der Waals surface area contributed by atoms with Gasteiger partial charge in [0.25, 0.3) is 0 Å². The van der Waals surface area contributed by atoms with Crippen LogP contribution in [0.4, 0.5) is 0 Å². The van der Waals surface area contributed by atoms with E-state index in [1.165, 1.54) is 5.56 Å². The first-order valence-electron chi connectivity index (χ1n) is 7.34. The molecular weight excluding hydrogens is 262 g/mol. The summed E-state index contributed by atoms with van der Waals surface area (Å²) in [7, 11) is 1.71. The molecule has 110 valence electrons. The molecule has 2 aromatic rings. The highest BCUT2D eigenvalue weighted by Crippen LogP contribution is 2.36. The number of fused-ring (bicyclic) bond motifs is 1. The lowest BCUT2D eigenvalue weighted by Crippen LogP contribution is -2.13. The number of methoxy groups -OCH3 is 1. The van der Waals surface area contributed by atoms with Crippen LogP contribution < -0.4 is 15.2 Å². The fourth-order valence-corrected chi connectivity index (χ4v) is 2.89. The van der Waals surface area contributed by atoms with Crippen molar-refractivity contribution >= 4 is 0 Å². The lowest BCUT2D eigenvalue weighted by Gasteiger charge is -2.16. The van der Waals surface area contributed by atoms with Crippen molar-refractivity contribution in [3.8, 4) is 11.5 Å². The zero-order valence-corrected chi connectivity index (χ0v) is 12.5. The third-order valence-corrected chi connectivity index (χ3v) is 3.97. The first kappa shape index (κ1) is 14.0. The molecule has 0 saturated carbocycles. The van der Waals surface area contributed by atoms with Crippen LogP contribution >= 0.6 is 0 Å². The van der Waals surface area contributed by atoms with Gasteiger partial charge < -0.3 is 15.2 Å². The molecular formula is C18H21NO2. The van der Waals surface area contributed by atoms with Gasteiger partial charge in [-0.15, -0.1) is 0 Å². The lowest BCUT2D eigenvalue weighted by molar-refractivity contribution is 0.254. The standard InChI is InChI=1S/C18H21NO2/c1-12-8-14-10-17(20-2)15(11-18(14)21-12)9-16(19)13-6-4-3-5-7-13/h3-7,10-12,16H,8-9,19H2,1-2H3. The first-order valence-corrected chi connectivity index (χ1v) is 7.34. The van der Waals surface area contributed by atoms with Gasteiger partial charge in [0.1, 0.15) is 17.6 Å². The minimum atomic E-state index is -0.0445. The van der Waals surface area contributed by atoms with E-state index in [0.717, 1.165) is 35.5 Å². The molecule has 1 heterocycles. The van der Waals surface area contributed by atoms with Crippen molar-refractivity contribution < 1.29 is 9.47 Å². The number of hydrogen-bond donors (Lipinski definition) is 1. The number of ether oxygens (including phenoxy) is 2. The Morgan fingerprint density at radius 2 is 2.05 bits per heavy atom. The molecule has 0 saturated heterocycles. The van der Waals surface area contributed by atoms with E-state index in [2.05, 4.69) is 31.2 Å². The highest BCUT2D eigenvalue weighted by molar-refractivity contribution is 5.49. The van der Waals surface area contributed by atoms with Crippen LogP contribution in [0.5, 0.6) is 11.5 Å². The Morgan fingerprint density at radius 3 is 2.76 bits per heavy atom. The predicted molar refractivity (Wildman–Crippen MR) is 83.9 cm³/mol. The average Bonchev–Trinajstić information content (AvgIpc) is 2.86.